The molecule has 0 saturated carbocycles. The second-order valence-electron chi connectivity index (χ2n) is 7.00. The normalized spacial score (nSPS) is 44.9. The number of ether oxygens (including phenoxy) is 2. The third-order valence-corrected chi connectivity index (χ3v) is 5.63. The molecule has 2 fully saturated rings. The summed E-state index contributed by atoms with van der Waals surface area (Å²) >= 11 is 0. The Bertz CT molecular complexity index is 567. The van der Waals surface area contributed by atoms with Gasteiger partial charge >= 0.3 is 11.9 Å². The molecule has 3 heterocycles. The molecule has 23 heavy (non-hydrogen) atoms. The number of cyclic esters (lactones) is 1. The van der Waals surface area contributed by atoms with E-state index in [2.05, 4.69) is 4.90 Å². The van der Waals surface area contributed by atoms with Crippen molar-refractivity contribution in [2.24, 2.45) is 5.92 Å². The fraction of sp³-hybridized carbons (Fsp3) is 0.750. The minimum Gasteiger partial charge on any atom is -0.460 e. The fourth-order valence-electron chi connectivity index (χ4n) is 3.52. The van der Waals surface area contributed by atoms with Gasteiger partial charge in [-0.2, -0.15) is 0 Å². The lowest BCUT2D eigenvalue weighted by Gasteiger charge is -2.39. The van der Waals surface area contributed by atoms with Crippen LogP contribution in [-0.2, 0) is 19.1 Å². The van der Waals surface area contributed by atoms with Crippen molar-refractivity contribution in [3.63, 3.8) is 0 Å². The molecule has 0 unspecified atom stereocenters. The summed E-state index contributed by atoms with van der Waals surface area (Å²) in [5.74, 6) is -2.65. The molecule has 0 bridgehead atoms. The summed E-state index contributed by atoms with van der Waals surface area (Å²) in [6.45, 7) is 5.41. The second kappa shape index (κ2) is 5.29. The Hall–Kier alpha value is -1.44. The Balaban J connectivity index is 1.97. The minimum absolute atomic E-state index is 0.0225. The van der Waals surface area contributed by atoms with E-state index in [1.54, 1.807) is 0 Å². The first-order chi connectivity index (χ1) is 10.7. The van der Waals surface area contributed by atoms with Gasteiger partial charge in [-0.25, -0.2) is 4.79 Å². The molecule has 0 aliphatic carbocycles. The average Bonchev–Trinajstić information content (AvgIpc) is 3.06. The van der Waals surface area contributed by atoms with Crippen molar-refractivity contribution in [3.05, 3.63) is 11.6 Å². The molecule has 2 saturated heterocycles. The van der Waals surface area contributed by atoms with Crippen molar-refractivity contribution < 1.29 is 29.3 Å². The van der Waals surface area contributed by atoms with Gasteiger partial charge in [-0.3, -0.25) is 9.69 Å². The van der Waals surface area contributed by atoms with Crippen LogP contribution in [0.15, 0.2) is 11.6 Å². The molecular formula is C16H23NO6. The van der Waals surface area contributed by atoms with E-state index < -0.39 is 29.1 Å². The first-order valence-corrected chi connectivity index (χ1v) is 7.91. The second-order valence-corrected chi connectivity index (χ2v) is 7.00. The largest absolute Gasteiger partial charge is 0.460 e. The van der Waals surface area contributed by atoms with Gasteiger partial charge in [-0.15, -0.1) is 0 Å². The highest BCUT2D eigenvalue weighted by molar-refractivity contribution is 5.83. The van der Waals surface area contributed by atoms with Crippen LogP contribution in [0.25, 0.3) is 0 Å². The molecule has 7 heteroatoms. The van der Waals surface area contributed by atoms with E-state index in [4.69, 9.17) is 9.47 Å². The zero-order valence-corrected chi connectivity index (χ0v) is 13.6. The van der Waals surface area contributed by atoms with Gasteiger partial charge in [0.25, 0.3) is 0 Å². The van der Waals surface area contributed by atoms with Gasteiger partial charge in [0.1, 0.15) is 18.3 Å². The van der Waals surface area contributed by atoms with Crippen LogP contribution in [0.5, 0.6) is 0 Å². The molecular weight excluding hydrogens is 302 g/mol. The van der Waals surface area contributed by atoms with Crippen molar-refractivity contribution >= 4 is 11.9 Å². The molecule has 0 aromatic rings. The van der Waals surface area contributed by atoms with Crippen LogP contribution in [0.1, 0.15) is 27.2 Å². The molecule has 0 aromatic carbocycles. The standard InChI is InChI=1S/C16H23NO6/c1-9-13(18)23-11-5-7-17-6-4-10(12(11)17)8-22-14(19)16(3,21)15(9,2)20/h4,9,11-12,20-21H,5-8H2,1-3H3/t9-,11+,12+,15-,16+/m1/s1. The molecule has 3 aliphatic heterocycles. The third-order valence-electron chi connectivity index (χ3n) is 5.63. The summed E-state index contributed by atoms with van der Waals surface area (Å²) in [6, 6.07) is -0.0908. The Morgan fingerprint density at radius 2 is 2.00 bits per heavy atom. The van der Waals surface area contributed by atoms with Gasteiger partial charge in [0.15, 0.2) is 5.60 Å². The predicted octanol–water partition coefficient (Wildman–Crippen LogP) is -0.393. The summed E-state index contributed by atoms with van der Waals surface area (Å²) in [6.07, 6.45) is 2.34. The van der Waals surface area contributed by atoms with Crippen LogP contribution in [0.3, 0.4) is 0 Å². The van der Waals surface area contributed by atoms with Crippen LogP contribution in [-0.4, -0.2) is 70.1 Å². The van der Waals surface area contributed by atoms with Gasteiger partial charge in [0, 0.05) is 13.1 Å². The highest BCUT2D eigenvalue weighted by atomic mass is 16.6. The number of rotatable bonds is 0. The van der Waals surface area contributed by atoms with Crippen LogP contribution in [0.4, 0.5) is 0 Å². The van der Waals surface area contributed by atoms with Crippen molar-refractivity contribution in [1.82, 2.24) is 4.90 Å². The molecule has 0 amide bonds. The van der Waals surface area contributed by atoms with Crippen molar-refractivity contribution in [1.29, 1.82) is 0 Å². The zero-order valence-electron chi connectivity index (χ0n) is 13.6. The van der Waals surface area contributed by atoms with Crippen molar-refractivity contribution in [3.8, 4) is 0 Å². The number of nitrogens with zero attached hydrogens (tertiary/aromatic N) is 1. The van der Waals surface area contributed by atoms with E-state index >= 15 is 0 Å². The summed E-state index contributed by atoms with van der Waals surface area (Å²) < 4.78 is 10.8. The lowest BCUT2D eigenvalue weighted by atomic mass is 9.76. The molecule has 3 aliphatic rings. The molecule has 7 nitrogen and oxygen atoms in total. The van der Waals surface area contributed by atoms with Gasteiger partial charge in [0.05, 0.1) is 12.0 Å². The maximum Gasteiger partial charge on any atom is 0.341 e. The maximum absolute atomic E-state index is 12.4. The fourth-order valence-corrected chi connectivity index (χ4v) is 3.52. The van der Waals surface area contributed by atoms with E-state index in [1.165, 1.54) is 13.8 Å². The lowest BCUT2D eigenvalue weighted by molar-refractivity contribution is -0.205. The first-order valence-electron chi connectivity index (χ1n) is 7.91. The average molecular weight is 325 g/mol. The van der Waals surface area contributed by atoms with Gasteiger partial charge in [-0.05, 0) is 32.8 Å². The summed E-state index contributed by atoms with van der Waals surface area (Å²) in [7, 11) is 0. The van der Waals surface area contributed by atoms with Crippen LogP contribution < -0.4 is 0 Å². The summed E-state index contributed by atoms with van der Waals surface area (Å²) in [4.78, 5) is 26.9. The molecule has 0 spiro atoms. The van der Waals surface area contributed by atoms with Crippen molar-refractivity contribution in [2.45, 2.75) is 50.5 Å². The smallest absolute Gasteiger partial charge is 0.341 e. The van der Waals surface area contributed by atoms with Crippen LogP contribution in [0, 0.1) is 5.92 Å². The Labute approximate surface area is 134 Å². The lowest BCUT2D eigenvalue weighted by Crippen LogP contribution is -2.61. The van der Waals surface area contributed by atoms with Gasteiger partial charge in [0.2, 0.25) is 0 Å². The van der Waals surface area contributed by atoms with Gasteiger partial charge in [-0.1, -0.05) is 6.08 Å². The van der Waals surface area contributed by atoms with E-state index in [0.717, 1.165) is 25.6 Å². The molecule has 2 N–H and O–H groups in total. The highest BCUT2D eigenvalue weighted by Crippen LogP contribution is 2.36. The van der Waals surface area contributed by atoms with Crippen LogP contribution in [0.2, 0.25) is 0 Å². The monoisotopic (exact) mass is 325 g/mol. The Morgan fingerprint density at radius 3 is 2.70 bits per heavy atom. The number of carbonyl (C=O) groups excluding carboxylic acids is 2. The molecule has 0 radical (unpaired) electrons. The maximum atomic E-state index is 12.4. The van der Waals surface area contributed by atoms with E-state index in [-0.39, 0.29) is 18.8 Å². The van der Waals surface area contributed by atoms with Crippen LogP contribution >= 0.6 is 0 Å². The Morgan fingerprint density at radius 1 is 1.30 bits per heavy atom. The molecule has 128 valence electrons. The number of carbonyl (C=O) groups is 2. The first kappa shape index (κ1) is 16.4. The van der Waals surface area contributed by atoms with Crippen molar-refractivity contribution in [2.75, 3.05) is 19.7 Å². The number of hydrogen-bond donors (Lipinski definition) is 2. The molecule has 5 atom stereocenters. The summed E-state index contributed by atoms with van der Waals surface area (Å²) in [5.41, 5.74) is -3.35. The van der Waals surface area contributed by atoms with Gasteiger partial charge < -0.3 is 19.7 Å². The zero-order chi connectivity index (χ0) is 17.0. The third kappa shape index (κ3) is 2.38. The highest BCUT2D eigenvalue weighted by Gasteiger charge is 2.56. The predicted molar refractivity (Wildman–Crippen MR) is 79.3 cm³/mol. The topological polar surface area (TPSA) is 96.3 Å². The number of esters is 2. The van der Waals surface area contributed by atoms with E-state index in [1.807, 2.05) is 6.08 Å². The number of aliphatic hydroxyl groups is 2. The number of hydrogen-bond acceptors (Lipinski definition) is 7. The quantitative estimate of drug-likeness (QED) is 0.462. The SMILES string of the molecule is C[C@@H]1C(=O)O[C@H]2CCN3CC=C(COC(=O)[C@](C)(O)[C@]1(C)O)[C@@H]23. The molecule has 3 rings (SSSR count). The summed E-state index contributed by atoms with van der Waals surface area (Å²) in [5, 5.41) is 21.1. The Kier molecular flexibility index (Phi) is 3.78. The van der Waals surface area contributed by atoms with E-state index in [0.29, 0.717) is 6.42 Å². The molecule has 0 aromatic heterocycles. The minimum atomic E-state index is -2.22. The van der Waals surface area contributed by atoms with E-state index in [9.17, 15) is 19.8 Å².